The van der Waals surface area contributed by atoms with Crippen molar-refractivity contribution in [3.8, 4) is 11.3 Å². The summed E-state index contributed by atoms with van der Waals surface area (Å²) in [5.74, 6) is 1.08. The van der Waals surface area contributed by atoms with Gasteiger partial charge >= 0.3 is 0 Å². The molecule has 3 aromatic heterocycles. The number of anilines is 2. The summed E-state index contributed by atoms with van der Waals surface area (Å²) in [6.07, 6.45) is 3.42. The minimum Gasteiger partial charge on any atom is -0.354 e. The van der Waals surface area contributed by atoms with Crippen molar-refractivity contribution in [2.45, 2.75) is 0 Å². The molecule has 160 valence electrons. The van der Waals surface area contributed by atoms with Gasteiger partial charge in [0.25, 0.3) is 5.91 Å². The summed E-state index contributed by atoms with van der Waals surface area (Å²) < 4.78 is 0. The van der Waals surface area contributed by atoms with Gasteiger partial charge in [-0.05, 0) is 31.3 Å². The summed E-state index contributed by atoms with van der Waals surface area (Å²) in [6, 6.07) is 19.4. The molecule has 1 fully saturated rings. The van der Waals surface area contributed by atoms with Crippen LogP contribution >= 0.6 is 0 Å². The quantitative estimate of drug-likeness (QED) is 0.539. The van der Waals surface area contributed by atoms with Crippen LogP contribution in [-0.2, 0) is 0 Å². The van der Waals surface area contributed by atoms with E-state index in [9.17, 15) is 4.79 Å². The number of hydrogen-bond acceptors (Lipinski definition) is 6. The van der Waals surface area contributed by atoms with Crippen LogP contribution < -0.4 is 10.2 Å². The molecule has 0 atom stereocenters. The van der Waals surface area contributed by atoms with Gasteiger partial charge in [0.05, 0.1) is 11.2 Å². The third-order valence-corrected chi connectivity index (χ3v) is 5.72. The molecule has 1 aromatic carbocycles. The number of carbonyl (C=O) groups excluding carboxylic acids is 1. The van der Waals surface area contributed by atoms with Gasteiger partial charge < -0.3 is 15.1 Å². The van der Waals surface area contributed by atoms with E-state index in [0.717, 1.165) is 54.2 Å². The molecule has 0 unspecified atom stereocenters. The normalized spacial score (nSPS) is 14.5. The first-order valence-corrected chi connectivity index (χ1v) is 10.7. The number of benzene rings is 1. The number of likely N-dealkylation sites (N-methyl/N-ethyl adjacent to an activating group) is 1. The van der Waals surface area contributed by atoms with E-state index in [0.29, 0.717) is 11.4 Å². The molecule has 0 saturated carbocycles. The summed E-state index contributed by atoms with van der Waals surface area (Å²) in [5, 5.41) is 3.82. The molecule has 0 radical (unpaired) electrons. The molecule has 1 aliphatic rings. The van der Waals surface area contributed by atoms with Gasteiger partial charge in [0.2, 0.25) is 0 Å². The number of nitrogens with one attached hydrogen (secondary N) is 1. The predicted octanol–water partition coefficient (Wildman–Crippen LogP) is 3.70. The Kier molecular flexibility index (Phi) is 5.47. The highest BCUT2D eigenvalue weighted by Crippen LogP contribution is 2.22. The molecule has 1 N–H and O–H groups in total. The summed E-state index contributed by atoms with van der Waals surface area (Å²) in [6.45, 7) is 3.76. The number of amides is 1. The molecule has 0 bridgehead atoms. The van der Waals surface area contributed by atoms with Crippen LogP contribution in [0.3, 0.4) is 0 Å². The number of aromatic nitrogens is 3. The van der Waals surface area contributed by atoms with Gasteiger partial charge in [-0.1, -0.05) is 30.3 Å². The molecule has 32 heavy (non-hydrogen) atoms. The highest BCUT2D eigenvalue weighted by atomic mass is 16.1. The van der Waals surface area contributed by atoms with Crippen molar-refractivity contribution in [3.05, 3.63) is 78.6 Å². The van der Waals surface area contributed by atoms with Crippen molar-refractivity contribution in [2.24, 2.45) is 0 Å². The van der Waals surface area contributed by atoms with Crippen molar-refractivity contribution in [3.63, 3.8) is 0 Å². The second kappa shape index (κ2) is 8.72. The maximum atomic E-state index is 12.9. The van der Waals surface area contributed by atoms with E-state index in [2.05, 4.69) is 32.1 Å². The lowest BCUT2D eigenvalue weighted by Crippen LogP contribution is -2.44. The molecule has 5 rings (SSSR count). The second-order valence-electron chi connectivity index (χ2n) is 7.97. The lowest BCUT2D eigenvalue weighted by Gasteiger charge is -2.33. The van der Waals surface area contributed by atoms with E-state index < -0.39 is 0 Å². The number of carbonyl (C=O) groups is 1. The van der Waals surface area contributed by atoms with E-state index >= 15 is 0 Å². The standard InChI is InChI=1S/C25H24N6O/c1-30-11-13-31(14-12-30)24-15-19(9-10-26-24)25(32)29-23-16-22-20(17-27-23)7-8-21(28-22)18-5-3-2-4-6-18/h2-10,15-17H,11-14H2,1H3,(H,27,29,32). The lowest BCUT2D eigenvalue weighted by molar-refractivity contribution is 0.102. The van der Waals surface area contributed by atoms with Crippen molar-refractivity contribution in [1.29, 1.82) is 0 Å². The number of hydrogen-bond donors (Lipinski definition) is 1. The molecule has 1 amide bonds. The van der Waals surface area contributed by atoms with Gasteiger partial charge in [-0.15, -0.1) is 0 Å². The highest BCUT2D eigenvalue weighted by molar-refractivity contribution is 6.04. The molecule has 7 heteroatoms. The van der Waals surface area contributed by atoms with E-state index in [1.165, 1.54) is 0 Å². The van der Waals surface area contributed by atoms with E-state index in [1.54, 1.807) is 18.5 Å². The van der Waals surface area contributed by atoms with Gasteiger partial charge in [-0.25, -0.2) is 15.0 Å². The monoisotopic (exact) mass is 424 g/mol. The van der Waals surface area contributed by atoms with Crippen LogP contribution in [0.1, 0.15) is 10.4 Å². The maximum absolute atomic E-state index is 12.9. The maximum Gasteiger partial charge on any atom is 0.257 e. The Morgan fingerprint density at radius 1 is 0.938 bits per heavy atom. The summed E-state index contributed by atoms with van der Waals surface area (Å²) in [7, 11) is 2.11. The molecule has 1 saturated heterocycles. The van der Waals surface area contributed by atoms with Crippen LogP contribution in [0.2, 0.25) is 0 Å². The van der Waals surface area contributed by atoms with Gasteiger partial charge in [0.1, 0.15) is 11.6 Å². The van der Waals surface area contributed by atoms with Gasteiger partial charge in [-0.2, -0.15) is 0 Å². The van der Waals surface area contributed by atoms with Gasteiger partial charge in [0, 0.05) is 61.2 Å². The Balaban J connectivity index is 1.36. The Bertz CT molecular complexity index is 1250. The second-order valence-corrected chi connectivity index (χ2v) is 7.97. The zero-order valence-corrected chi connectivity index (χ0v) is 17.9. The van der Waals surface area contributed by atoms with Crippen LogP contribution in [0, 0.1) is 0 Å². The fraction of sp³-hybridized carbons (Fsp3) is 0.200. The SMILES string of the molecule is CN1CCN(c2cc(C(=O)Nc3cc4nc(-c5ccccc5)ccc4cn3)ccn2)CC1. The molecule has 0 spiro atoms. The summed E-state index contributed by atoms with van der Waals surface area (Å²) >= 11 is 0. The molecule has 0 aliphatic carbocycles. The van der Waals surface area contributed by atoms with Crippen LogP contribution in [0.5, 0.6) is 0 Å². The smallest absolute Gasteiger partial charge is 0.257 e. The first-order valence-electron chi connectivity index (χ1n) is 10.7. The van der Waals surface area contributed by atoms with Crippen LogP contribution in [0.15, 0.2) is 73.1 Å². The van der Waals surface area contributed by atoms with Gasteiger partial charge in [-0.3, -0.25) is 4.79 Å². The summed E-state index contributed by atoms with van der Waals surface area (Å²) in [5.41, 5.74) is 3.27. The molecular formula is C25H24N6O. The molecule has 4 aromatic rings. The molecule has 4 heterocycles. The molecular weight excluding hydrogens is 400 g/mol. The third kappa shape index (κ3) is 4.29. The fourth-order valence-corrected chi connectivity index (χ4v) is 3.81. The minimum atomic E-state index is -0.214. The Labute approximate surface area is 186 Å². The lowest BCUT2D eigenvalue weighted by atomic mass is 10.1. The zero-order chi connectivity index (χ0) is 21.9. The minimum absolute atomic E-state index is 0.214. The average Bonchev–Trinajstić information content (AvgIpc) is 2.84. The Hall–Kier alpha value is -3.84. The third-order valence-electron chi connectivity index (χ3n) is 5.72. The number of piperazine rings is 1. The van der Waals surface area contributed by atoms with E-state index in [-0.39, 0.29) is 5.91 Å². The van der Waals surface area contributed by atoms with Crippen molar-refractivity contribution >= 4 is 28.4 Å². The summed E-state index contributed by atoms with van der Waals surface area (Å²) in [4.78, 5) is 31.0. The number of rotatable bonds is 4. The topological polar surface area (TPSA) is 74.2 Å². The largest absolute Gasteiger partial charge is 0.354 e. The molecule has 7 nitrogen and oxygen atoms in total. The number of nitrogens with zero attached hydrogens (tertiary/aromatic N) is 5. The number of pyridine rings is 3. The first kappa shape index (κ1) is 20.1. The fourth-order valence-electron chi connectivity index (χ4n) is 3.81. The van der Waals surface area contributed by atoms with Crippen molar-refractivity contribution in [2.75, 3.05) is 43.4 Å². The van der Waals surface area contributed by atoms with Gasteiger partial charge in [0.15, 0.2) is 0 Å². The first-order chi connectivity index (χ1) is 15.7. The van der Waals surface area contributed by atoms with E-state index in [1.807, 2.05) is 54.6 Å². The Morgan fingerprint density at radius 3 is 2.56 bits per heavy atom. The van der Waals surface area contributed by atoms with Crippen molar-refractivity contribution in [1.82, 2.24) is 19.9 Å². The van der Waals surface area contributed by atoms with Crippen LogP contribution in [-0.4, -0.2) is 59.0 Å². The molecule has 1 aliphatic heterocycles. The number of fused-ring (bicyclic) bond motifs is 1. The zero-order valence-electron chi connectivity index (χ0n) is 17.9. The highest BCUT2D eigenvalue weighted by Gasteiger charge is 2.17. The average molecular weight is 425 g/mol. The van der Waals surface area contributed by atoms with Crippen molar-refractivity contribution < 1.29 is 4.79 Å². The van der Waals surface area contributed by atoms with Crippen LogP contribution in [0.4, 0.5) is 11.6 Å². The van der Waals surface area contributed by atoms with E-state index in [4.69, 9.17) is 4.98 Å². The Morgan fingerprint density at radius 2 is 1.75 bits per heavy atom. The predicted molar refractivity (Wildman–Crippen MR) is 127 cm³/mol. The van der Waals surface area contributed by atoms with Crippen LogP contribution in [0.25, 0.3) is 22.2 Å².